The number of methoxy groups -OCH3 is 1. The number of para-hydroxylation sites is 1. The Balaban J connectivity index is 1.76. The van der Waals surface area contributed by atoms with Crippen LogP contribution in [0.3, 0.4) is 0 Å². The molecule has 0 aliphatic carbocycles. The zero-order valence-electron chi connectivity index (χ0n) is 14.5. The third-order valence-corrected chi connectivity index (χ3v) is 4.56. The van der Waals surface area contributed by atoms with Crippen molar-refractivity contribution >= 4 is 5.91 Å². The fourth-order valence-corrected chi connectivity index (χ4v) is 3.22. The number of aromatic nitrogens is 1. The van der Waals surface area contributed by atoms with Gasteiger partial charge in [-0.2, -0.15) is 0 Å². The molecule has 1 fully saturated rings. The second-order valence-corrected chi connectivity index (χ2v) is 6.54. The van der Waals surface area contributed by atoms with E-state index in [9.17, 15) is 4.79 Å². The van der Waals surface area contributed by atoms with Gasteiger partial charge in [0.05, 0.1) is 19.6 Å². The number of nitrogens with zero attached hydrogens (tertiary/aromatic N) is 2. The Labute approximate surface area is 142 Å². The van der Waals surface area contributed by atoms with Gasteiger partial charge in [0.1, 0.15) is 17.2 Å². The summed E-state index contributed by atoms with van der Waals surface area (Å²) in [6, 6.07) is 9.67. The fraction of sp³-hybridized carbons (Fsp3) is 0.474. The van der Waals surface area contributed by atoms with Crippen molar-refractivity contribution < 1.29 is 14.1 Å². The summed E-state index contributed by atoms with van der Waals surface area (Å²) in [4.78, 5) is 14.7. The van der Waals surface area contributed by atoms with E-state index in [1.807, 2.05) is 35.2 Å². The Morgan fingerprint density at radius 3 is 2.92 bits per heavy atom. The molecule has 2 heterocycles. The predicted molar refractivity (Wildman–Crippen MR) is 91.0 cm³/mol. The molecule has 0 saturated carbocycles. The molecule has 0 radical (unpaired) electrons. The molecule has 1 saturated heterocycles. The third kappa shape index (κ3) is 3.30. The van der Waals surface area contributed by atoms with Crippen LogP contribution in [-0.4, -0.2) is 29.6 Å². The van der Waals surface area contributed by atoms with Crippen LogP contribution in [0.25, 0.3) is 0 Å². The maximum absolute atomic E-state index is 12.8. The van der Waals surface area contributed by atoms with Gasteiger partial charge in [0, 0.05) is 24.1 Å². The van der Waals surface area contributed by atoms with Crippen molar-refractivity contribution in [2.45, 2.75) is 45.1 Å². The first-order valence-corrected chi connectivity index (χ1v) is 8.48. The summed E-state index contributed by atoms with van der Waals surface area (Å²) in [5, 5.41) is 4.20. The lowest BCUT2D eigenvalue weighted by molar-refractivity contribution is -0.131. The lowest BCUT2D eigenvalue weighted by atomic mass is 10.1. The van der Waals surface area contributed by atoms with Crippen molar-refractivity contribution in [2.24, 2.45) is 0 Å². The summed E-state index contributed by atoms with van der Waals surface area (Å²) in [7, 11) is 1.63. The smallest absolute Gasteiger partial charge is 0.227 e. The molecular weight excluding hydrogens is 304 g/mol. The molecule has 5 nitrogen and oxygen atoms in total. The van der Waals surface area contributed by atoms with E-state index in [0.717, 1.165) is 42.2 Å². The lowest BCUT2D eigenvalue weighted by Crippen LogP contribution is -2.32. The van der Waals surface area contributed by atoms with Crippen molar-refractivity contribution in [1.29, 1.82) is 0 Å². The Bertz CT molecular complexity index is 708. The normalized spacial score (nSPS) is 17.5. The number of rotatable bonds is 5. The van der Waals surface area contributed by atoms with Crippen LogP contribution in [-0.2, 0) is 11.2 Å². The van der Waals surface area contributed by atoms with Gasteiger partial charge >= 0.3 is 0 Å². The molecule has 1 aliphatic rings. The second-order valence-electron chi connectivity index (χ2n) is 6.54. The summed E-state index contributed by atoms with van der Waals surface area (Å²) in [5.74, 6) is 2.03. The van der Waals surface area contributed by atoms with Gasteiger partial charge < -0.3 is 14.2 Å². The number of hydrogen-bond acceptors (Lipinski definition) is 4. The van der Waals surface area contributed by atoms with Gasteiger partial charge in [-0.25, -0.2) is 0 Å². The quantitative estimate of drug-likeness (QED) is 0.839. The largest absolute Gasteiger partial charge is 0.496 e. The molecule has 3 rings (SSSR count). The molecular formula is C19H24N2O3. The minimum atomic E-state index is 0.0171. The maximum Gasteiger partial charge on any atom is 0.227 e. The molecule has 24 heavy (non-hydrogen) atoms. The van der Waals surface area contributed by atoms with Crippen LogP contribution in [0, 0.1) is 0 Å². The number of carbonyl (C=O) groups is 1. The molecule has 0 bridgehead atoms. The van der Waals surface area contributed by atoms with Crippen LogP contribution in [0.1, 0.15) is 55.7 Å². The van der Waals surface area contributed by atoms with E-state index in [-0.39, 0.29) is 11.9 Å². The van der Waals surface area contributed by atoms with Gasteiger partial charge in [-0.1, -0.05) is 37.2 Å². The first-order chi connectivity index (χ1) is 11.6. The molecule has 0 spiro atoms. The van der Waals surface area contributed by atoms with Crippen molar-refractivity contribution in [1.82, 2.24) is 10.1 Å². The van der Waals surface area contributed by atoms with E-state index in [1.54, 1.807) is 7.11 Å². The van der Waals surface area contributed by atoms with Crippen LogP contribution < -0.4 is 4.74 Å². The number of likely N-dealkylation sites (tertiary alicyclic amines) is 1. The SMILES string of the molecule is COc1ccccc1CC(=O)N1CCCC1c1cc(C(C)C)on1. The topological polar surface area (TPSA) is 55.6 Å². The van der Waals surface area contributed by atoms with Crippen LogP contribution in [0.5, 0.6) is 5.75 Å². The second kappa shape index (κ2) is 7.07. The highest BCUT2D eigenvalue weighted by Gasteiger charge is 2.32. The summed E-state index contributed by atoms with van der Waals surface area (Å²) >= 11 is 0. The zero-order chi connectivity index (χ0) is 17.1. The predicted octanol–water partition coefficient (Wildman–Crippen LogP) is 3.71. The fourth-order valence-electron chi connectivity index (χ4n) is 3.22. The first kappa shape index (κ1) is 16.6. The average Bonchev–Trinajstić information content (AvgIpc) is 3.24. The number of amides is 1. The van der Waals surface area contributed by atoms with Crippen molar-refractivity contribution in [3.8, 4) is 5.75 Å². The van der Waals surface area contributed by atoms with Crippen LogP contribution in [0.2, 0.25) is 0 Å². The Morgan fingerprint density at radius 1 is 1.42 bits per heavy atom. The van der Waals surface area contributed by atoms with Gasteiger partial charge in [0.15, 0.2) is 0 Å². The highest BCUT2D eigenvalue weighted by Crippen LogP contribution is 2.33. The van der Waals surface area contributed by atoms with E-state index >= 15 is 0 Å². The standard InChI is InChI=1S/C19H24N2O3/c1-13(2)18-12-15(20-24-18)16-8-6-10-21(16)19(22)11-14-7-4-5-9-17(14)23-3/h4-5,7,9,12-13,16H,6,8,10-11H2,1-3H3. The minimum absolute atomic E-state index is 0.0171. The number of ether oxygens (including phenoxy) is 1. The monoisotopic (exact) mass is 328 g/mol. The summed E-state index contributed by atoms with van der Waals surface area (Å²) in [6.07, 6.45) is 2.27. The summed E-state index contributed by atoms with van der Waals surface area (Å²) in [5.41, 5.74) is 1.78. The number of carbonyl (C=O) groups excluding carboxylic acids is 1. The molecule has 1 aromatic carbocycles. The summed E-state index contributed by atoms with van der Waals surface area (Å²) in [6.45, 7) is 4.91. The molecule has 1 unspecified atom stereocenters. The average molecular weight is 328 g/mol. The molecule has 1 aromatic heterocycles. The van der Waals surface area contributed by atoms with Crippen LogP contribution in [0.4, 0.5) is 0 Å². The minimum Gasteiger partial charge on any atom is -0.496 e. The number of benzene rings is 1. The van der Waals surface area contributed by atoms with Gasteiger partial charge in [-0.05, 0) is 18.9 Å². The van der Waals surface area contributed by atoms with E-state index in [4.69, 9.17) is 9.26 Å². The zero-order valence-corrected chi connectivity index (χ0v) is 14.5. The van der Waals surface area contributed by atoms with Crippen molar-refractivity contribution in [3.05, 3.63) is 47.3 Å². The van der Waals surface area contributed by atoms with E-state index in [0.29, 0.717) is 12.3 Å². The maximum atomic E-state index is 12.8. The number of hydrogen-bond donors (Lipinski definition) is 0. The highest BCUT2D eigenvalue weighted by atomic mass is 16.5. The van der Waals surface area contributed by atoms with Gasteiger partial charge in [-0.3, -0.25) is 4.79 Å². The summed E-state index contributed by atoms with van der Waals surface area (Å²) < 4.78 is 10.8. The molecule has 1 atom stereocenters. The first-order valence-electron chi connectivity index (χ1n) is 8.48. The van der Waals surface area contributed by atoms with Crippen molar-refractivity contribution in [3.63, 3.8) is 0 Å². The molecule has 128 valence electrons. The molecule has 5 heteroatoms. The van der Waals surface area contributed by atoms with E-state index in [1.165, 1.54) is 0 Å². The van der Waals surface area contributed by atoms with Crippen LogP contribution in [0.15, 0.2) is 34.9 Å². The highest BCUT2D eigenvalue weighted by molar-refractivity contribution is 5.80. The molecule has 1 aliphatic heterocycles. The van der Waals surface area contributed by atoms with E-state index in [2.05, 4.69) is 19.0 Å². The van der Waals surface area contributed by atoms with Gasteiger partial charge in [0.25, 0.3) is 0 Å². The van der Waals surface area contributed by atoms with E-state index < -0.39 is 0 Å². The Morgan fingerprint density at radius 2 is 2.21 bits per heavy atom. The van der Waals surface area contributed by atoms with Crippen molar-refractivity contribution in [2.75, 3.05) is 13.7 Å². The molecule has 2 aromatic rings. The van der Waals surface area contributed by atoms with Gasteiger partial charge in [-0.15, -0.1) is 0 Å². The lowest BCUT2D eigenvalue weighted by Gasteiger charge is -2.23. The third-order valence-electron chi connectivity index (χ3n) is 4.56. The Hall–Kier alpha value is -2.30. The van der Waals surface area contributed by atoms with Crippen LogP contribution >= 0.6 is 0 Å². The molecule has 1 amide bonds. The van der Waals surface area contributed by atoms with Gasteiger partial charge in [0.2, 0.25) is 5.91 Å². The molecule has 0 N–H and O–H groups in total. The Kier molecular flexibility index (Phi) is 4.88.